The van der Waals surface area contributed by atoms with E-state index in [4.69, 9.17) is 4.52 Å². The first-order valence-electron chi connectivity index (χ1n) is 11.1. The molecule has 1 saturated heterocycles. The van der Waals surface area contributed by atoms with Gasteiger partial charge in [0.05, 0.1) is 23.6 Å². The zero-order chi connectivity index (χ0) is 22.2. The van der Waals surface area contributed by atoms with Gasteiger partial charge in [0.15, 0.2) is 5.82 Å². The summed E-state index contributed by atoms with van der Waals surface area (Å²) in [7, 11) is 1.92. The van der Waals surface area contributed by atoms with Crippen LogP contribution in [0.3, 0.4) is 0 Å². The van der Waals surface area contributed by atoms with Crippen molar-refractivity contribution < 1.29 is 4.52 Å². The second-order valence-electron chi connectivity index (χ2n) is 8.31. The molecule has 1 aliphatic heterocycles. The third-order valence-electron chi connectivity index (χ3n) is 6.09. The maximum absolute atomic E-state index is 5.55. The first kappa shape index (κ1) is 19.5. The van der Waals surface area contributed by atoms with Gasteiger partial charge in [-0.25, -0.2) is 4.52 Å². The largest absolute Gasteiger partial charge is 0.365 e. The van der Waals surface area contributed by atoms with E-state index in [-0.39, 0.29) is 0 Å². The van der Waals surface area contributed by atoms with E-state index < -0.39 is 0 Å². The normalized spacial score (nSPS) is 14.3. The van der Waals surface area contributed by atoms with Crippen LogP contribution in [0.1, 0.15) is 11.4 Å². The molecular weight excluding hydrogens is 416 g/mol. The second kappa shape index (κ2) is 8.09. The molecular formula is C24H24N8O. The molecule has 9 heteroatoms. The van der Waals surface area contributed by atoms with Crippen molar-refractivity contribution in [2.24, 2.45) is 7.05 Å². The van der Waals surface area contributed by atoms with Crippen molar-refractivity contribution in [1.29, 1.82) is 0 Å². The lowest BCUT2D eigenvalue weighted by molar-refractivity contribution is 0.403. The number of hydrogen-bond donors (Lipinski definition) is 0. The molecule has 0 unspecified atom stereocenters. The summed E-state index contributed by atoms with van der Waals surface area (Å²) in [6, 6.07) is 15.1. The molecule has 166 valence electrons. The highest BCUT2D eigenvalue weighted by Gasteiger charge is 2.23. The summed E-state index contributed by atoms with van der Waals surface area (Å²) in [4.78, 5) is 9.14. The van der Waals surface area contributed by atoms with Crippen molar-refractivity contribution in [3.63, 3.8) is 0 Å². The standard InChI is InChI=1S/C24H24N8O/c1-29-16-20(14-25-29)19-7-8-21-22(15-26-32(21)17-19)30-9-11-31(12-10-30)24-27-23(28-33-24)13-18-5-3-2-4-6-18/h2-8,14-17H,9-13H2,1H3. The molecule has 5 aromatic rings. The molecule has 9 nitrogen and oxygen atoms in total. The van der Waals surface area contributed by atoms with E-state index in [0.717, 1.165) is 48.5 Å². The smallest absolute Gasteiger partial charge is 0.324 e. The Hall–Kier alpha value is -4.14. The average Bonchev–Trinajstić information content (AvgIpc) is 3.59. The van der Waals surface area contributed by atoms with Crippen molar-refractivity contribution in [2.45, 2.75) is 6.42 Å². The molecule has 0 atom stereocenters. The number of fused-ring (bicyclic) bond motifs is 1. The SMILES string of the molecule is Cn1cc(-c2ccc3c(N4CCN(c5nc(Cc6ccccc6)no5)CC4)cnn3c2)cn1. The van der Waals surface area contributed by atoms with Crippen LogP contribution in [0.2, 0.25) is 0 Å². The highest BCUT2D eigenvalue weighted by molar-refractivity contribution is 5.75. The molecule has 0 radical (unpaired) electrons. The van der Waals surface area contributed by atoms with Gasteiger partial charge in [-0.3, -0.25) is 4.68 Å². The van der Waals surface area contributed by atoms with E-state index in [1.807, 2.05) is 53.0 Å². The molecule has 0 aliphatic carbocycles. The molecule has 4 aromatic heterocycles. The van der Waals surface area contributed by atoms with Crippen molar-refractivity contribution in [3.8, 4) is 11.1 Å². The Morgan fingerprint density at radius 1 is 0.848 bits per heavy atom. The summed E-state index contributed by atoms with van der Waals surface area (Å²) in [5, 5.41) is 13.0. The van der Waals surface area contributed by atoms with Crippen LogP contribution < -0.4 is 9.80 Å². The van der Waals surface area contributed by atoms with Gasteiger partial charge in [0.2, 0.25) is 0 Å². The molecule has 0 amide bonds. The Labute approximate surface area is 190 Å². The van der Waals surface area contributed by atoms with Gasteiger partial charge in [-0.05, 0) is 11.6 Å². The van der Waals surface area contributed by atoms with Crippen molar-refractivity contribution in [1.82, 2.24) is 29.5 Å². The fraction of sp³-hybridized carbons (Fsp3) is 0.250. The lowest BCUT2D eigenvalue weighted by Crippen LogP contribution is -2.46. The van der Waals surface area contributed by atoms with Gasteiger partial charge in [-0.15, -0.1) is 0 Å². The van der Waals surface area contributed by atoms with Crippen molar-refractivity contribution in [2.75, 3.05) is 36.0 Å². The number of rotatable bonds is 5. The first-order chi connectivity index (χ1) is 16.2. The number of piperazine rings is 1. The molecule has 5 heterocycles. The maximum atomic E-state index is 5.55. The van der Waals surface area contributed by atoms with Crippen molar-refractivity contribution >= 4 is 17.2 Å². The van der Waals surface area contributed by atoms with Gasteiger partial charge in [0, 0.05) is 63.2 Å². The predicted octanol–water partition coefficient (Wildman–Crippen LogP) is 3.04. The molecule has 0 spiro atoms. The van der Waals surface area contributed by atoms with E-state index in [1.54, 1.807) is 0 Å². The van der Waals surface area contributed by atoms with E-state index in [9.17, 15) is 0 Å². The molecule has 0 saturated carbocycles. The third kappa shape index (κ3) is 3.82. The van der Waals surface area contributed by atoms with Gasteiger partial charge in [0.25, 0.3) is 0 Å². The van der Waals surface area contributed by atoms with Crippen molar-refractivity contribution in [3.05, 3.63) is 78.6 Å². The summed E-state index contributed by atoms with van der Waals surface area (Å²) >= 11 is 0. The average molecular weight is 441 g/mol. The Bertz CT molecular complexity index is 1380. The zero-order valence-corrected chi connectivity index (χ0v) is 18.4. The lowest BCUT2D eigenvalue weighted by Gasteiger charge is -2.34. The molecule has 1 aliphatic rings. The topological polar surface area (TPSA) is 80.5 Å². The third-order valence-corrected chi connectivity index (χ3v) is 6.09. The molecule has 6 rings (SSSR count). The minimum Gasteiger partial charge on any atom is -0.365 e. The number of nitrogens with zero attached hydrogens (tertiary/aromatic N) is 8. The highest BCUT2D eigenvalue weighted by atomic mass is 16.5. The van der Waals surface area contributed by atoms with Crippen LogP contribution >= 0.6 is 0 Å². The Kier molecular flexibility index (Phi) is 4.79. The van der Waals surface area contributed by atoms with E-state index in [1.165, 1.54) is 5.56 Å². The summed E-state index contributed by atoms with van der Waals surface area (Å²) in [5.41, 5.74) is 5.59. The number of hydrogen-bond acceptors (Lipinski definition) is 7. The molecule has 0 bridgehead atoms. The quantitative estimate of drug-likeness (QED) is 0.416. The molecule has 33 heavy (non-hydrogen) atoms. The number of aromatic nitrogens is 6. The Morgan fingerprint density at radius 2 is 1.67 bits per heavy atom. The predicted molar refractivity (Wildman–Crippen MR) is 125 cm³/mol. The van der Waals surface area contributed by atoms with Crippen LogP contribution in [0.4, 0.5) is 11.7 Å². The van der Waals surface area contributed by atoms with Crippen LogP contribution in [0, 0.1) is 0 Å². The van der Waals surface area contributed by atoms with Crippen LogP contribution in [0.25, 0.3) is 16.6 Å². The van der Waals surface area contributed by atoms with Gasteiger partial charge in [-0.2, -0.15) is 15.2 Å². The van der Waals surface area contributed by atoms with Gasteiger partial charge in [0.1, 0.15) is 0 Å². The van der Waals surface area contributed by atoms with E-state index in [2.05, 4.69) is 60.6 Å². The minimum absolute atomic E-state index is 0.599. The second-order valence-corrected chi connectivity index (χ2v) is 8.31. The van der Waals surface area contributed by atoms with Gasteiger partial charge in [-0.1, -0.05) is 41.6 Å². The lowest BCUT2D eigenvalue weighted by atomic mass is 10.1. The summed E-state index contributed by atoms with van der Waals surface area (Å²) in [6.45, 7) is 3.36. The fourth-order valence-electron chi connectivity index (χ4n) is 4.32. The van der Waals surface area contributed by atoms with Gasteiger partial charge >= 0.3 is 6.01 Å². The summed E-state index contributed by atoms with van der Waals surface area (Å²) in [5.74, 6) is 0.714. The number of pyridine rings is 1. The maximum Gasteiger partial charge on any atom is 0.324 e. The Balaban J connectivity index is 1.14. The monoisotopic (exact) mass is 440 g/mol. The number of benzene rings is 1. The Morgan fingerprint density at radius 3 is 2.45 bits per heavy atom. The fourth-order valence-corrected chi connectivity index (χ4v) is 4.32. The van der Waals surface area contributed by atoms with Gasteiger partial charge < -0.3 is 14.3 Å². The van der Waals surface area contributed by atoms with Crippen LogP contribution in [0.5, 0.6) is 0 Å². The number of aryl methyl sites for hydroxylation is 1. The molecule has 1 aromatic carbocycles. The summed E-state index contributed by atoms with van der Waals surface area (Å²) < 4.78 is 9.30. The van der Waals surface area contributed by atoms with Crippen LogP contribution in [-0.4, -0.2) is 55.7 Å². The zero-order valence-electron chi connectivity index (χ0n) is 18.4. The molecule has 1 fully saturated rings. The first-order valence-corrected chi connectivity index (χ1v) is 11.1. The number of anilines is 2. The van der Waals surface area contributed by atoms with E-state index in [0.29, 0.717) is 18.3 Å². The minimum atomic E-state index is 0.599. The summed E-state index contributed by atoms with van der Waals surface area (Å²) in [6.07, 6.45) is 8.55. The van der Waals surface area contributed by atoms with Crippen LogP contribution in [0.15, 0.2) is 71.8 Å². The van der Waals surface area contributed by atoms with E-state index >= 15 is 0 Å². The van der Waals surface area contributed by atoms with Crippen LogP contribution in [-0.2, 0) is 13.5 Å². The highest BCUT2D eigenvalue weighted by Crippen LogP contribution is 2.27. The molecule has 0 N–H and O–H groups in total.